The lowest BCUT2D eigenvalue weighted by Gasteiger charge is -2.39. The van der Waals surface area contributed by atoms with Crippen LogP contribution >= 0.6 is 11.8 Å². The molecule has 0 saturated carbocycles. The highest BCUT2D eigenvalue weighted by Gasteiger charge is 2.43. The molecule has 4 N–H and O–H groups in total. The number of aliphatic hydroxyl groups excluding tert-OH is 4. The molecule has 1 aromatic carbocycles. The first-order chi connectivity index (χ1) is 9.02. The van der Waals surface area contributed by atoms with Crippen LogP contribution in [0.15, 0.2) is 29.2 Å². The van der Waals surface area contributed by atoms with Crippen LogP contribution in [0.1, 0.15) is 0 Å². The fourth-order valence-electron chi connectivity index (χ4n) is 1.81. The molecule has 5 nitrogen and oxygen atoms in total. The second-order valence-corrected chi connectivity index (χ2v) is 5.44. The first-order valence-corrected chi connectivity index (χ1v) is 6.63. The van der Waals surface area contributed by atoms with E-state index in [2.05, 4.69) is 0 Å². The van der Waals surface area contributed by atoms with E-state index in [1.54, 1.807) is 0 Å². The van der Waals surface area contributed by atoms with Crippen LogP contribution in [0.5, 0.6) is 0 Å². The lowest BCUT2D eigenvalue weighted by atomic mass is 10.0. The summed E-state index contributed by atoms with van der Waals surface area (Å²) in [5.74, 6) is -0.377. The van der Waals surface area contributed by atoms with Gasteiger partial charge in [0.05, 0.1) is 6.61 Å². The number of hydrogen-bond acceptors (Lipinski definition) is 6. The molecule has 7 heteroatoms. The molecule has 1 saturated heterocycles. The summed E-state index contributed by atoms with van der Waals surface area (Å²) in [6, 6.07) is 5.57. The zero-order valence-corrected chi connectivity index (χ0v) is 10.7. The van der Waals surface area contributed by atoms with Crippen molar-refractivity contribution >= 4 is 11.8 Å². The van der Waals surface area contributed by atoms with E-state index in [0.717, 1.165) is 11.8 Å². The highest BCUT2D eigenvalue weighted by Crippen LogP contribution is 2.33. The largest absolute Gasteiger partial charge is 0.394 e. The predicted molar refractivity (Wildman–Crippen MR) is 66.0 cm³/mol. The molecule has 19 heavy (non-hydrogen) atoms. The third-order valence-electron chi connectivity index (χ3n) is 2.91. The maximum Gasteiger partial charge on any atom is 0.136 e. The normalized spacial score (nSPS) is 35.3. The first-order valence-electron chi connectivity index (χ1n) is 5.75. The van der Waals surface area contributed by atoms with Crippen molar-refractivity contribution in [1.29, 1.82) is 0 Å². The molecule has 1 unspecified atom stereocenters. The summed E-state index contributed by atoms with van der Waals surface area (Å²) >= 11 is 1.09. The van der Waals surface area contributed by atoms with Gasteiger partial charge in [-0.2, -0.15) is 0 Å². The van der Waals surface area contributed by atoms with Crippen molar-refractivity contribution in [2.75, 3.05) is 6.61 Å². The van der Waals surface area contributed by atoms with Gasteiger partial charge < -0.3 is 25.2 Å². The van der Waals surface area contributed by atoms with Gasteiger partial charge in [-0.3, -0.25) is 0 Å². The molecule has 0 spiro atoms. The molecule has 2 rings (SSSR count). The van der Waals surface area contributed by atoms with Crippen molar-refractivity contribution in [2.45, 2.75) is 34.7 Å². The third-order valence-corrected chi connectivity index (χ3v) is 4.08. The van der Waals surface area contributed by atoms with Crippen molar-refractivity contribution < 1.29 is 29.6 Å². The van der Waals surface area contributed by atoms with Gasteiger partial charge in [-0.25, -0.2) is 4.39 Å². The smallest absolute Gasteiger partial charge is 0.136 e. The molecule has 106 valence electrons. The van der Waals surface area contributed by atoms with Gasteiger partial charge in [0.2, 0.25) is 0 Å². The van der Waals surface area contributed by atoms with Crippen LogP contribution in [-0.2, 0) is 4.74 Å². The third kappa shape index (κ3) is 3.25. The van der Waals surface area contributed by atoms with Crippen LogP contribution < -0.4 is 0 Å². The van der Waals surface area contributed by atoms with Crippen molar-refractivity contribution in [3.63, 3.8) is 0 Å². The van der Waals surface area contributed by atoms with Crippen molar-refractivity contribution in [2.24, 2.45) is 0 Å². The molecule has 0 bridgehead atoms. The molecule has 1 aliphatic rings. The van der Waals surface area contributed by atoms with Gasteiger partial charge in [0, 0.05) is 4.90 Å². The molecule has 0 aliphatic carbocycles. The van der Waals surface area contributed by atoms with E-state index in [4.69, 9.17) is 9.84 Å². The van der Waals surface area contributed by atoms with Crippen molar-refractivity contribution in [1.82, 2.24) is 0 Å². The van der Waals surface area contributed by atoms with E-state index < -0.39 is 36.5 Å². The fourth-order valence-corrected chi connectivity index (χ4v) is 2.87. The number of ether oxygens (including phenoxy) is 1. The Morgan fingerprint density at radius 2 is 1.68 bits per heavy atom. The second kappa shape index (κ2) is 6.17. The van der Waals surface area contributed by atoms with Gasteiger partial charge in [-0.15, -0.1) is 0 Å². The lowest BCUT2D eigenvalue weighted by Crippen LogP contribution is -2.57. The molecule has 0 amide bonds. The summed E-state index contributed by atoms with van der Waals surface area (Å²) in [7, 11) is 0. The van der Waals surface area contributed by atoms with Crippen LogP contribution in [0.2, 0.25) is 0 Å². The Hall–Kier alpha value is -0.700. The monoisotopic (exact) mass is 290 g/mol. The maximum absolute atomic E-state index is 12.8. The highest BCUT2D eigenvalue weighted by atomic mass is 32.2. The van der Waals surface area contributed by atoms with E-state index in [0.29, 0.717) is 4.90 Å². The van der Waals surface area contributed by atoms with Crippen molar-refractivity contribution in [3.8, 4) is 0 Å². The Morgan fingerprint density at radius 1 is 1.05 bits per heavy atom. The molecule has 0 radical (unpaired) electrons. The first kappa shape index (κ1) is 14.7. The number of aliphatic hydroxyl groups is 4. The molecular weight excluding hydrogens is 275 g/mol. The minimum Gasteiger partial charge on any atom is -0.394 e. The minimum atomic E-state index is -1.40. The summed E-state index contributed by atoms with van der Waals surface area (Å²) in [6.07, 6.45) is -5.00. The average molecular weight is 290 g/mol. The van der Waals surface area contributed by atoms with Gasteiger partial charge in [-0.1, -0.05) is 11.8 Å². The Labute approximate surface area is 113 Å². The molecule has 1 fully saturated rings. The van der Waals surface area contributed by atoms with Crippen LogP contribution in [0, 0.1) is 5.82 Å². The SMILES string of the molecule is OC[C@H]1OC(Sc2ccc(F)cc2)[C@H](O)[C@@H](O)[C@H]1O. The molecule has 1 heterocycles. The van der Waals surface area contributed by atoms with E-state index in [1.165, 1.54) is 24.3 Å². The molecule has 1 aliphatic heterocycles. The number of hydrogen-bond donors (Lipinski definition) is 4. The Morgan fingerprint density at radius 3 is 2.26 bits per heavy atom. The van der Waals surface area contributed by atoms with Gasteiger partial charge in [0.1, 0.15) is 35.7 Å². The van der Waals surface area contributed by atoms with Gasteiger partial charge in [-0.05, 0) is 24.3 Å². The van der Waals surface area contributed by atoms with E-state index >= 15 is 0 Å². The summed E-state index contributed by atoms with van der Waals surface area (Å²) in [6.45, 7) is -0.467. The standard InChI is InChI=1S/C12H15FO5S/c13-6-1-3-7(4-2-6)19-12-11(17)10(16)9(15)8(5-14)18-12/h1-4,8-12,14-17H,5H2/t8-,9+,10+,11-,12?/m1/s1. The fraction of sp³-hybridized carbons (Fsp3) is 0.500. The summed E-state index contributed by atoms with van der Waals surface area (Å²) in [5, 5.41) is 38.1. The van der Waals surface area contributed by atoms with Crippen LogP contribution in [0.4, 0.5) is 4.39 Å². The molecule has 1 aromatic rings. The molecule has 0 aromatic heterocycles. The van der Waals surface area contributed by atoms with Gasteiger partial charge >= 0.3 is 0 Å². The summed E-state index contributed by atoms with van der Waals surface area (Å²) in [4.78, 5) is 0.644. The zero-order chi connectivity index (χ0) is 14.0. The predicted octanol–water partition coefficient (Wildman–Crippen LogP) is -0.282. The Balaban J connectivity index is 2.08. The van der Waals surface area contributed by atoms with E-state index in [-0.39, 0.29) is 5.82 Å². The Kier molecular flexibility index (Phi) is 4.77. The quantitative estimate of drug-likeness (QED) is 0.612. The summed E-state index contributed by atoms with van der Waals surface area (Å²) in [5.41, 5.74) is -0.846. The number of rotatable bonds is 3. The highest BCUT2D eigenvalue weighted by molar-refractivity contribution is 7.99. The molecule has 5 atom stereocenters. The van der Waals surface area contributed by atoms with Crippen molar-refractivity contribution in [3.05, 3.63) is 30.1 Å². The second-order valence-electron chi connectivity index (χ2n) is 4.27. The topological polar surface area (TPSA) is 90.2 Å². The number of halogens is 1. The van der Waals surface area contributed by atoms with Gasteiger partial charge in [0.25, 0.3) is 0 Å². The number of benzene rings is 1. The Bertz CT molecular complexity index is 413. The maximum atomic E-state index is 12.8. The van der Waals surface area contributed by atoms with Crippen LogP contribution in [-0.4, -0.2) is 56.9 Å². The molecular formula is C12H15FO5S. The van der Waals surface area contributed by atoms with Crippen LogP contribution in [0.25, 0.3) is 0 Å². The number of thioether (sulfide) groups is 1. The zero-order valence-electron chi connectivity index (χ0n) is 9.89. The average Bonchev–Trinajstić information content (AvgIpc) is 2.42. The van der Waals surface area contributed by atoms with Crippen LogP contribution in [0.3, 0.4) is 0 Å². The lowest BCUT2D eigenvalue weighted by molar-refractivity contribution is -0.205. The van der Waals surface area contributed by atoms with E-state index in [1.807, 2.05) is 0 Å². The minimum absolute atomic E-state index is 0.377. The summed E-state index contributed by atoms with van der Waals surface area (Å²) < 4.78 is 18.1. The van der Waals surface area contributed by atoms with E-state index in [9.17, 15) is 19.7 Å². The van der Waals surface area contributed by atoms with Gasteiger partial charge in [0.15, 0.2) is 0 Å².